The molecule has 11 heavy (non-hydrogen) atoms. The summed E-state index contributed by atoms with van der Waals surface area (Å²) >= 11 is 5.70. The molecule has 56 valence electrons. The first-order valence-electron chi connectivity index (χ1n) is 3.19. The average molecular weight is 167 g/mol. The fourth-order valence-corrected chi connectivity index (χ4v) is 0.930. The highest BCUT2D eigenvalue weighted by Gasteiger charge is 1.90. The molecule has 0 fully saturated rings. The van der Waals surface area contributed by atoms with Gasteiger partial charge in [0.05, 0.1) is 6.07 Å². The molecular formula is C8H7ClN2. The van der Waals surface area contributed by atoms with Gasteiger partial charge in [0.1, 0.15) is 6.54 Å². The first-order chi connectivity index (χ1) is 5.33. The summed E-state index contributed by atoms with van der Waals surface area (Å²) in [6.07, 6.45) is 0. The predicted molar refractivity (Wildman–Crippen MR) is 45.6 cm³/mol. The Kier molecular flexibility index (Phi) is 2.76. The summed E-state index contributed by atoms with van der Waals surface area (Å²) in [5, 5.41) is 11.8. The molecule has 0 saturated carbocycles. The number of hydrogen-bond donors (Lipinski definition) is 1. The van der Waals surface area contributed by atoms with E-state index in [1.165, 1.54) is 0 Å². The van der Waals surface area contributed by atoms with Crippen LogP contribution in [0.2, 0.25) is 5.02 Å². The van der Waals surface area contributed by atoms with Crippen molar-refractivity contribution in [3.8, 4) is 6.07 Å². The van der Waals surface area contributed by atoms with E-state index in [4.69, 9.17) is 16.9 Å². The zero-order valence-corrected chi connectivity index (χ0v) is 6.60. The summed E-state index contributed by atoms with van der Waals surface area (Å²) in [6, 6.07) is 9.25. The Labute approximate surface area is 70.4 Å². The Morgan fingerprint density at radius 3 is 3.00 bits per heavy atom. The largest absolute Gasteiger partial charge is 0.372 e. The van der Waals surface area contributed by atoms with Gasteiger partial charge in [-0.2, -0.15) is 5.26 Å². The van der Waals surface area contributed by atoms with Crippen molar-refractivity contribution >= 4 is 17.3 Å². The normalized spacial score (nSPS) is 8.73. The lowest BCUT2D eigenvalue weighted by Gasteiger charge is -1.99. The van der Waals surface area contributed by atoms with Crippen molar-refractivity contribution < 1.29 is 0 Å². The van der Waals surface area contributed by atoms with Crippen LogP contribution in [0.4, 0.5) is 5.69 Å². The number of nitriles is 1. The summed E-state index contributed by atoms with van der Waals surface area (Å²) in [4.78, 5) is 0. The Balaban J connectivity index is 2.65. The molecule has 0 amide bonds. The van der Waals surface area contributed by atoms with Crippen LogP contribution in [0.15, 0.2) is 24.3 Å². The van der Waals surface area contributed by atoms with Crippen molar-refractivity contribution in [2.75, 3.05) is 11.9 Å². The van der Waals surface area contributed by atoms with E-state index in [-0.39, 0.29) is 0 Å². The van der Waals surface area contributed by atoms with E-state index in [9.17, 15) is 0 Å². The standard InChI is InChI=1S/C8H7ClN2/c9-7-2-1-3-8(6-7)11-5-4-10/h1-3,6,11H,5H2. The van der Waals surface area contributed by atoms with Crippen LogP contribution >= 0.6 is 11.6 Å². The number of anilines is 1. The van der Waals surface area contributed by atoms with Gasteiger partial charge in [-0.3, -0.25) is 0 Å². The van der Waals surface area contributed by atoms with Crippen molar-refractivity contribution in [1.82, 2.24) is 0 Å². The lowest BCUT2D eigenvalue weighted by molar-refractivity contribution is 1.32. The van der Waals surface area contributed by atoms with Gasteiger partial charge in [-0.1, -0.05) is 17.7 Å². The van der Waals surface area contributed by atoms with Crippen LogP contribution < -0.4 is 5.32 Å². The molecular weight excluding hydrogens is 160 g/mol. The van der Waals surface area contributed by atoms with Gasteiger partial charge < -0.3 is 5.32 Å². The minimum absolute atomic E-state index is 0.306. The lowest BCUT2D eigenvalue weighted by atomic mass is 10.3. The van der Waals surface area contributed by atoms with Crippen LogP contribution in [0, 0.1) is 11.3 Å². The fourth-order valence-electron chi connectivity index (χ4n) is 0.740. The van der Waals surface area contributed by atoms with Crippen LogP contribution in [-0.4, -0.2) is 6.54 Å². The smallest absolute Gasteiger partial charge is 0.103 e. The van der Waals surface area contributed by atoms with Crippen molar-refractivity contribution in [3.63, 3.8) is 0 Å². The SMILES string of the molecule is N#CCNc1cccc(Cl)c1. The molecule has 1 aromatic rings. The average Bonchev–Trinajstić information content (AvgIpc) is 2.01. The molecule has 0 spiro atoms. The Bertz CT molecular complexity index is 278. The van der Waals surface area contributed by atoms with Crippen LogP contribution in [0.25, 0.3) is 0 Å². The fraction of sp³-hybridized carbons (Fsp3) is 0.125. The van der Waals surface area contributed by atoms with E-state index >= 15 is 0 Å². The molecule has 0 radical (unpaired) electrons. The molecule has 0 heterocycles. The second-order valence-electron chi connectivity index (χ2n) is 2.02. The van der Waals surface area contributed by atoms with Crippen LogP contribution in [-0.2, 0) is 0 Å². The lowest BCUT2D eigenvalue weighted by Crippen LogP contribution is -1.97. The third kappa shape index (κ3) is 2.48. The van der Waals surface area contributed by atoms with E-state index < -0.39 is 0 Å². The van der Waals surface area contributed by atoms with E-state index in [1.54, 1.807) is 12.1 Å². The molecule has 0 bridgehead atoms. The Morgan fingerprint density at radius 2 is 2.36 bits per heavy atom. The van der Waals surface area contributed by atoms with Crippen LogP contribution in [0.5, 0.6) is 0 Å². The topological polar surface area (TPSA) is 35.8 Å². The number of rotatable bonds is 2. The number of halogens is 1. The predicted octanol–water partition coefficient (Wildman–Crippen LogP) is 2.28. The van der Waals surface area contributed by atoms with Crippen LogP contribution in [0.1, 0.15) is 0 Å². The van der Waals surface area contributed by atoms with Crippen LogP contribution in [0.3, 0.4) is 0 Å². The minimum Gasteiger partial charge on any atom is -0.372 e. The van der Waals surface area contributed by atoms with Gasteiger partial charge in [-0.15, -0.1) is 0 Å². The first kappa shape index (κ1) is 7.90. The molecule has 0 aliphatic carbocycles. The monoisotopic (exact) mass is 166 g/mol. The molecule has 1 aromatic carbocycles. The summed E-state index contributed by atoms with van der Waals surface area (Å²) in [5.74, 6) is 0. The quantitative estimate of drug-likeness (QED) is 0.685. The maximum atomic E-state index is 8.25. The van der Waals surface area contributed by atoms with E-state index in [1.807, 2.05) is 18.2 Å². The summed E-state index contributed by atoms with van der Waals surface area (Å²) in [5.41, 5.74) is 0.874. The van der Waals surface area contributed by atoms with Gasteiger partial charge in [0.15, 0.2) is 0 Å². The van der Waals surface area contributed by atoms with Gasteiger partial charge in [0.2, 0.25) is 0 Å². The zero-order chi connectivity index (χ0) is 8.10. The third-order valence-corrected chi connectivity index (χ3v) is 1.43. The molecule has 2 nitrogen and oxygen atoms in total. The van der Waals surface area contributed by atoms with Gasteiger partial charge in [-0.05, 0) is 18.2 Å². The number of hydrogen-bond acceptors (Lipinski definition) is 2. The van der Waals surface area contributed by atoms with Crippen molar-refractivity contribution in [2.24, 2.45) is 0 Å². The number of nitrogens with zero attached hydrogens (tertiary/aromatic N) is 1. The summed E-state index contributed by atoms with van der Waals surface area (Å²) < 4.78 is 0. The molecule has 1 N–H and O–H groups in total. The highest BCUT2D eigenvalue weighted by atomic mass is 35.5. The van der Waals surface area contributed by atoms with Gasteiger partial charge >= 0.3 is 0 Å². The maximum Gasteiger partial charge on any atom is 0.103 e. The second kappa shape index (κ2) is 3.85. The maximum absolute atomic E-state index is 8.25. The van der Waals surface area contributed by atoms with E-state index in [2.05, 4.69) is 5.32 Å². The van der Waals surface area contributed by atoms with Crippen molar-refractivity contribution in [2.45, 2.75) is 0 Å². The Hall–Kier alpha value is -1.20. The van der Waals surface area contributed by atoms with E-state index in [0.29, 0.717) is 11.6 Å². The molecule has 0 atom stereocenters. The number of nitrogens with one attached hydrogen (secondary N) is 1. The summed E-state index contributed by atoms with van der Waals surface area (Å²) in [7, 11) is 0. The molecule has 0 aliphatic heterocycles. The summed E-state index contributed by atoms with van der Waals surface area (Å²) in [6.45, 7) is 0.306. The molecule has 0 aliphatic rings. The molecule has 0 unspecified atom stereocenters. The molecule has 0 aromatic heterocycles. The van der Waals surface area contributed by atoms with Crippen molar-refractivity contribution in [3.05, 3.63) is 29.3 Å². The van der Waals surface area contributed by atoms with Gasteiger partial charge in [0, 0.05) is 10.7 Å². The molecule has 3 heteroatoms. The molecule has 1 rings (SSSR count). The Morgan fingerprint density at radius 1 is 1.55 bits per heavy atom. The highest BCUT2D eigenvalue weighted by molar-refractivity contribution is 6.30. The zero-order valence-electron chi connectivity index (χ0n) is 5.84. The third-order valence-electron chi connectivity index (χ3n) is 1.20. The molecule has 0 saturated heterocycles. The minimum atomic E-state index is 0.306. The van der Waals surface area contributed by atoms with Crippen molar-refractivity contribution in [1.29, 1.82) is 5.26 Å². The van der Waals surface area contributed by atoms with Gasteiger partial charge in [-0.25, -0.2) is 0 Å². The highest BCUT2D eigenvalue weighted by Crippen LogP contribution is 2.13. The van der Waals surface area contributed by atoms with Gasteiger partial charge in [0.25, 0.3) is 0 Å². The number of benzene rings is 1. The first-order valence-corrected chi connectivity index (χ1v) is 3.57. The second-order valence-corrected chi connectivity index (χ2v) is 2.46. The van der Waals surface area contributed by atoms with E-state index in [0.717, 1.165) is 5.69 Å².